The standard InChI is InChI=1S/C15H22N2O5S/c18-14(17-7-10-21-11-8-17)15(5-2-1-3-6-15)16-23(19,20)13-4-9-22-12-13/h4,9,12,16H,1-3,5-8,10-11H2. The molecule has 3 rings (SSSR count). The molecule has 0 unspecified atom stereocenters. The summed E-state index contributed by atoms with van der Waals surface area (Å²) in [5.74, 6) is -0.132. The molecule has 2 heterocycles. The van der Waals surface area contributed by atoms with Crippen molar-refractivity contribution in [2.75, 3.05) is 26.3 Å². The van der Waals surface area contributed by atoms with Crippen molar-refractivity contribution in [1.82, 2.24) is 9.62 Å². The number of hydrogen-bond acceptors (Lipinski definition) is 5. The van der Waals surface area contributed by atoms with Crippen LogP contribution in [0.3, 0.4) is 0 Å². The Morgan fingerprint density at radius 3 is 2.48 bits per heavy atom. The molecular formula is C15H22N2O5S. The van der Waals surface area contributed by atoms with Gasteiger partial charge in [-0.2, -0.15) is 4.72 Å². The Labute approximate surface area is 136 Å². The third-order valence-corrected chi connectivity index (χ3v) is 6.06. The first-order chi connectivity index (χ1) is 11.0. The molecule has 2 fully saturated rings. The van der Waals surface area contributed by atoms with Crippen LogP contribution in [0.4, 0.5) is 0 Å². The summed E-state index contributed by atoms with van der Waals surface area (Å²) in [4.78, 5) is 14.8. The summed E-state index contributed by atoms with van der Waals surface area (Å²) < 4.78 is 38.0. The number of carbonyl (C=O) groups excluding carboxylic acids is 1. The second kappa shape index (κ2) is 6.62. The SMILES string of the molecule is O=C(N1CCOCC1)C1(NS(=O)(=O)c2ccoc2)CCCCC1. The molecule has 1 aliphatic carbocycles. The highest BCUT2D eigenvalue weighted by Gasteiger charge is 2.45. The van der Waals surface area contributed by atoms with Gasteiger partial charge in [0.15, 0.2) is 0 Å². The van der Waals surface area contributed by atoms with Gasteiger partial charge >= 0.3 is 0 Å². The molecule has 128 valence electrons. The number of furan rings is 1. The van der Waals surface area contributed by atoms with Crippen molar-refractivity contribution in [2.45, 2.75) is 42.5 Å². The van der Waals surface area contributed by atoms with Crippen LogP contribution in [0.5, 0.6) is 0 Å². The fraction of sp³-hybridized carbons (Fsp3) is 0.667. The summed E-state index contributed by atoms with van der Waals surface area (Å²) in [6.07, 6.45) is 6.24. The number of amides is 1. The Balaban J connectivity index is 1.86. The molecule has 1 aliphatic heterocycles. The molecule has 1 aromatic rings. The van der Waals surface area contributed by atoms with Gasteiger partial charge in [0, 0.05) is 13.1 Å². The molecule has 1 saturated heterocycles. The van der Waals surface area contributed by atoms with E-state index < -0.39 is 15.6 Å². The van der Waals surface area contributed by atoms with Crippen LogP contribution in [0.15, 0.2) is 27.9 Å². The molecular weight excluding hydrogens is 320 g/mol. The van der Waals surface area contributed by atoms with Crippen LogP contribution in [0.1, 0.15) is 32.1 Å². The molecule has 0 bridgehead atoms. The second-order valence-electron chi connectivity index (χ2n) is 6.11. The lowest BCUT2D eigenvalue weighted by Crippen LogP contribution is -2.61. The summed E-state index contributed by atoms with van der Waals surface area (Å²) in [6, 6.07) is 1.39. The average molecular weight is 342 g/mol. The number of hydrogen-bond donors (Lipinski definition) is 1. The van der Waals surface area contributed by atoms with Crippen LogP contribution in [0.25, 0.3) is 0 Å². The lowest BCUT2D eigenvalue weighted by atomic mass is 9.81. The highest BCUT2D eigenvalue weighted by atomic mass is 32.2. The summed E-state index contributed by atoms with van der Waals surface area (Å²) in [6.45, 7) is 2.01. The summed E-state index contributed by atoms with van der Waals surface area (Å²) in [7, 11) is -3.78. The monoisotopic (exact) mass is 342 g/mol. The zero-order chi connectivity index (χ0) is 16.3. The van der Waals surface area contributed by atoms with Crippen molar-refractivity contribution in [3.8, 4) is 0 Å². The Morgan fingerprint density at radius 2 is 1.87 bits per heavy atom. The van der Waals surface area contributed by atoms with Gasteiger partial charge in [-0.3, -0.25) is 4.79 Å². The molecule has 2 aliphatic rings. The van der Waals surface area contributed by atoms with Crippen molar-refractivity contribution in [2.24, 2.45) is 0 Å². The van der Waals surface area contributed by atoms with E-state index in [2.05, 4.69) is 4.72 Å². The largest absolute Gasteiger partial charge is 0.471 e. The maximum absolute atomic E-state index is 13.0. The van der Waals surface area contributed by atoms with E-state index in [0.29, 0.717) is 39.1 Å². The third-order valence-electron chi connectivity index (χ3n) is 4.55. The number of nitrogens with zero attached hydrogens (tertiary/aromatic N) is 1. The molecule has 1 saturated carbocycles. The minimum Gasteiger partial charge on any atom is -0.471 e. The summed E-state index contributed by atoms with van der Waals surface area (Å²) >= 11 is 0. The molecule has 8 heteroatoms. The lowest BCUT2D eigenvalue weighted by molar-refractivity contribution is -0.143. The number of rotatable bonds is 4. The number of ether oxygens (including phenoxy) is 1. The fourth-order valence-corrected chi connectivity index (χ4v) is 4.65. The zero-order valence-electron chi connectivity index (χ0n) is 13.0. The van der Waals surface area contributed by atoms with Crippen LogP contribution in [-0.4, -0.2) is 51.1 Å². The van der Waals surface area contributed by atoms with E-state index in [1.807, 2.05) is 0 Å². The van der Waals surface area contributed by atoms with Gasteiger partial charge in [0.05, 0.1) is 19.5 Å². The fourth-order valence-electron chi connectivity index (χ4n) is 3.31. The first-order valence-corrected chi connectivity index (χ1v) is 9.45. The first-order valence-electron chi connectivity index (χ1n) is 7.97. The summed E-state index contributed by atoms with van der Waals surface area (Å²) in [5, 5.41) is 0. The van der Waals surface area contributed by atoms with E-state index in [-0.39, 0.29) is 10.8 Å². The zero-order valence-corrected chi connectivity index (χ0v) is 13.8. The Morgan fingerprint density at radius 1 is 1.17 bits per heavy atom. The van der Waals surface area contributed by atoms with Crippen molar-refractivity contribution >= 4 is 15.9 Å². The molecule has 1 N–H and O–H groups in total. The van der Waals surface area contributed by atoms with Crippen molar-refractivity contribution in [3.63, 3.8) is 0 Å². The quantitative estimate of drug-likeness (QED) is 0.886. The molecule has 23 heavy (non-hydrogen) atoms. The Bertz CT molecular complexity index is 629. The minimum absolute atomic E-state index is 0.0530. The summed E-state index contributed by atoms with van der Waals surface area (Å²) in [5.41, 5.74) is -1.05. The lowest BCUT2D eigenvalue weighted by Gasteiger charge is -2.41. The van der Waals surface area contributed by atoms with Gasteiger partial charge in [0.1, 0.15) is 16.7 Å². The van der Waals surface area contributed by atoms with E-state index in [4.69, 9.17) is 9.15 Å². The van der Waals surface area contributed by atoms with Gasteiger partial charge in [0.25, 0.3) is 0 Å². The molecule has 1 amide bonds. The van der Waals surface area contributed by atoms with Crippen molar-refractivity contribution < 1.29 is 22.4 Å². The smallest absolute Gasteiger partial charge is 0.244 e. The maximum atomic E-state index is 13.0. The second-order valence-corrected chi connectivity index (χ2v) is 7.79. The van der Waals surface area contributed by atoms with Crippen molar-refractivity contribution in [1.29, 1.82) is 0 Å². The van der Waals surface area contributed by atoms with E-state index in [1.54, 1.807) is 4.90 Å². The van der Waals surface area contributed by atoms with Crippen LogP contribution >= 0.6 is 0 Å². The van der Waals surface area contributed by atoms with Gasteiger partial charge in [-0.15, -0.1) is 0 Å². The number of carbonyl (C=O) groups is 1. The van der Waals surface area contributed by atoms with E-state index in [0.717, 1.165) is 19.3 Å². The average Bonchev–Trinajstić information content (AvgIpc) is 3.11. The predicted octanol–water partition coefficient (Wildman–Crippen LogP) is 1.12. The molecule has 0 radical (unpaired) electrons. The van der Waals surface area contributed by atoms with Gasteiger partial charge in [-0.05, 0) is 18.9 Å². The maximum Gasteiger partial charge on any atom is 0.244 e. The molecule has 0 spiro atoms. The van der Waals surface area contributed by atoms with Crippen molar-refractivity contribution in [3.05, 3.63) is 18.6 Å². The normalized spacial score (nSPS) is 22.0. The molecule has 0 aromatic carbocycles. The van der Waals surface area contributed by atoms with Gasteiger partial charge in [-0.1, -0.05) is 19.3 Å². The van der Waals surface area contributed by atoms with E-state index in [9.17, 15) is 13.2 Å². The highest BCUT2D eigenvalue weighted by Crippen LogP contribution is 2.32. The minimum atomic E-state index is -3.78. The van der Waals surface area contributed by atoms with Gasteiger partial charge in [-0.25, -0.2) is 8.42 Å². The first kappa shape index (κ1) is 16.5. The van der Waals surface area contributed by atoms with Crippen LogP contribution in [-0.2, 0) is 19.6 Å². The molecule has 7 nitrogen and oxygen atoms in total. The molecule has 1 aromatic heterocycles. The third kappa shape index (κ3) is 3.44. The van der Waals surface area contributed by atoms with E-state index in [1.165, 1.54) is 18.6 Å². The van der Waals surface area contributed by atoms with Crippen LogP contribution < -0.4 is 4.72 Å². The number of morpholine rings is 1. The van der Waals surface area contributed by atoms with Crippen LogP contribution in [0, 0.1) is 0 Å². The number of nitrogens with one attached hydrogen (secondary N) is 1. The van der Waals surface area contributed by atoms with Gasteiger partial charge < -0.3 is 14.1 Å². The Kier molecular flexibility index (Phi) is 4.74. The predicted molar refractivity (Wildman–Crippen MR) is 82.2 cm³/mol. The number of sulfonamides is 1. The van der Waals surface area contributed by atoms with E-state index >= 15 is 0 Å². The highest BCUT2D eigenvalue weighted by molar-refractivity contribution is 7.89. The Hall–Kier alpha value is -1.38. The molecule has 0 atom stereocenters. The topological polar surface area (TPSA) is 88.9 Å². The van der Waals surface area contributed by atoms with Crippen LogP contribution in [0.2, 0.25) is 0 Å². The van der Waals surface area contributed by atoms with Gasteiger partial charge in [0.2, 0.25) is 15.9 Å².